The Morgan fingerprint density at radius 1 is 1.53 bits per heavy atom. The largest absolute Gasteiger partial charge is 0.469 e. The molecule has 0 bridgehead atoms. The van der Waals surface area contributed by atoms with Crippen molar-refractivity contribution in [3.63, 3.8) is 0 Å². The molecule has 7 nitrogen and oxygen atoms in total. The molecular weight excluding hydrogens is 250 g/mol. The fourth-order valence-corrected chi connectivity index (χ4v) is 1.53. The van der Waals surface area contributed by atoms with Crippen LogP contribution in [0.15, 0.2) is 29.1 Å². The number of hydrogen-bond donors (Lipinski definition) is 1. The summed E-state index contributed by atoms with van der Waals surface area (Å²) < 4.78 is 11.0. The first-order valence-electron chi connectivity index (χ1n) is 5.55. The number of aryl methyl sites for hydroxylation is 1. The third kappa shape index (κ3) is 3.01. The molecule has 7 heteroatoms. The quantitative estimate of drug-likeness (QED) is 0.838. The van der Waals surface area contributed by atoms with Crippen LogP contribution in [0.2, 0.25) is 0 Å². The highest BCUT2D eigenvalue weighted by Crippen LogP contribution is 2.12. The Balaban J connectivity index is 2.02. The summed E-state index contributed by atoms with van der Waals surface area (Å²) in [5.74, 6) is -0.157. The Morgan fingerprint density at radius 3 is 2.95 bits per heavy atom. The highest BCUT2D eigenvalue weighted by atomic mass is 16.5. The number of rotatable bonds is 4. The van der Waals surface area contributed by atoms with E-state index in [4.69, 9.17) is 4.42 Å². The van der Waals surface area contributed by atoms with E-state index in [9.17, 15) is 9.59 Å². The Morgan fingerprint density at radius 2 is 2.32 bits per heavy atom. The molecule has 0 aromatic carbocycles. The first kappa shape index (κ1) is 12.9. The fraction of sp³-hybridized carbons (Fsp3) is 0.250. The van der Waals surface area contributed by atoms with Gasteiger partial charge in [0, 0.05) is 6.20 Å². The lowest BCUT2D eigenvalue weighted by Crippen LogP contribution is -2.13. The minimum absolute atomic E-state index is 0.00287. The number of aromatic nitrogens is 2. The summed E-state index contributed by atoms with van der Waals surface area (Å²) in [6.07, 6.45) is 4.45. The Kier molecular flexibility index (Phi) is 3.65. The average Bonchev–Trinajstić information content (AvgIpc) is 2.98. The standard InChI is InChI=1S/C12H13N3O4/c1-8-10(3-4-19-8)12(17)14-9-5-13-15(6-9)7-11(16)18-2/h3-6H,7H2,1-2H3,(H,14,17). The van der Waals surface area contributed by atoms with Crippen LogP contribution >= 0.6 is 0 Å². The molecule has 0 aliphatic rings. The number of esters is 1. The third-order valence-electron chi connectivity index (χ3n) is 2.51. The van der Waals surface area contributed by atoms with E-state index >= 15 is 0 Å². The number of anilines is 1. The van der Waals surface area contributed by atoms with Gasteiger partial charge >= 0.3 is 5.97 Å². The van der Waals surface area contributed by atoms with Crippen molar-refractivity contribution >= 4 is 17.6 Å². The van der Waals surface area contributed by atoms with Crippen LogP contribution in [0.25, 0.3) is 0 Å². The van der Waals surface area contributed by atoms with E-state index in [0.29, 0.717) is 17.0 Å². The van der Waals surface area contributed by atoms with Gasteiger partial charge in [-0.1, -0.05) is 0 Å². The average molecular weight is 263 g/mol. The molecule has 0 unspecified atom stereocenters. The van der Waals surface area contributed by atoms with Gasteiger partial charge in [-0.15, -0.1) is 0 Å². The molecule has 0 aliphatic carbocycles. The molecule has 0 spiro atoms. The lowest BCUT2D eigenvalue weighted by atomic mass is 10.2. The van der Waals surface area contributed by atoms with E-state index in [1.165, 1.54) is 24.3 Å². The number of carbonyl (C=O) groups excluding carboxylic acids is 2. The zero-order valence-electron chi connectivity index (χ0n) is 10.5. The molecule has 2 aromatic heterocycles. The highest BCUT2D eigenvalue weighted by Gasteiger charge is 2.12. The first-order chi connectivity index (χ1) is 9.10. The van der Waals surface area contributed by atoms with Gasteiger partial charge < -0.3 is 14.5 Å². The number of hydrogen-bond acceptors (Lipinski definition) is 5. The van der Waals surface area contributed by atoms with E-state index < -0.39 is 5.97 Å². The van der Waals surface area contributed by atoms with E-state index in [0.717, 1.165) is 0 Å². The van der Waals surface area contributed by atoms with Crippen molar-refractivity contribution < 1.29 is 18.7 Å². The maximum Gasteiger partial charge on any atom is 0.327 e. The number of nitrogens with zero attached hydrogens (tertiary/aromatic N) is 2. The molecule has 100 valence electrons. The smallest absolute Gasteiger partial charge is 0.327 e. The molecule has 1 amide bonds. The van der Waals surface area contributed by atoms with Gasteiger partial charge in [0.25, 0.3) is 5.91 Å². The molecule has 1 N–H and O–H groups in total. The number of amides is 1. The minimum Gasteiger partial charge on any atom is -0.469 e. The van der Waals surface area contributed by atoms with Crippen molar-refractivity contribution in [2.24, 2.45) is 0 Å². The third-order valence-corrected chi connectivity index (χ3v) is 2.51. The molecule has 19 heavy (non-hydrogen) atoms. The Bertz CT molecular complexity index is 600. The summed E-state index contributed by atoms with van der Waals surface area (Å²) in [6, 6.07) is 1.59. The molecule has 2 aromatic rings. The van der Waals surface area contributed by atoms with Crippen LogP contribution in [0.1, 0.15) is 16.1 Å². The van der Waals surface area contributed by atoms with Crippen molar-refractivity contribution in [3.05, 3.63) is 36.0 Å². The lowest BCUT2D eigenvalue weighted by molar-refractivity contribution is -0.141. The van der Waals surface area contributed by atoms with Gasteiger partial charge in [0.05, 0.1) is 30.8 Å². The van der Waals surface area contributed by atoms with E-state index in [2.05, 4.69) is 15.2 Å². The van der Waals surface area contributed by atoms with Crippen LogP contribution in [0, 0.1) is 6.92 Å². The zero-order valence-corrected chi connectivity index (χ0v) is 10.5. The number of furan rings is 1. The number of nitrogens with one attached hydrogen (secondary N) is 1. The molecule has 0 aliphatic heterocycles. The maximum atomic E-state index is 11.9. The number of ether oxygens (including phenoxy) is 1. The van der Waals surface area contributed by atoms with E-state index in [-0.39, 0.29) is 12.5 Å². The van der Waals surface area contributed by atoms with Crippen LogP contribution in [0.3, 0.4) is 0 Å². The second kappa shape index (κ2) is 5.38. The van der Waals surface area contributed by atoms with Gasteiger partial charge in [-0.05, 0) is 13.0 Å². The molecule has 2 heterocycles. The predicted molar refractivity (Wildman–Crippen MR) is 65.6 cm³/mol. The molecular formula is C12H13N3O4. The van der Waals surface area contributed by atoms with Crippen LogP contribution in [-0.4, -0.2) is 28.8 Å². The van der Waals surface area contributed by atoms with Crippen molar-refractivity contribution in [2.75, 3.05) is 12.4 Å². The molecule has 0 radical (unpaired) electrons. The van der Waals surface area contributed by atoms with Gasteiger partial charge in [-0.2, -0.15) is 5.10 Å². The zero-order chi connectivity index (χ0) is 13.8. The van der Waals surface area contributed by atoms with Gasteiger partial charge in [0.2, 0.25) is 0 Å². The summed E-state index contributed by atoms with van der Waals surface area (Å²) in [5, 5.41) is 6.60. The second-order valence-corrected chi connectivity index (χ2v) is 3.85. The molecule has 0 atom stereocenters. The summed E-state index contributed by atoms with van der Waals surface area (Å²) in [6.45, 7) is 1.70. The van der Waals surface area contributed by atoms with Crippen molar-refractivity contribution in [1.82, 2.24) is 9.78 Å². The number of methoxy groups -OCH3 is 1. The van der Waals surface area contributed by atoms with Crippen LogP contribution in [0.4, 0.5) is 5.69 Å². The Labute approximate surface area is 109 Å². The van der Waals surface area contributed by atoms with Gasteiger partial charge in [0.1, 0.15) is 12.3 Å². The van der Waals surface area contributed by atoms with E-state index in [1.807, 2.05) is 0 Å². The topological polar surface area (TPSA) is 86.4 Å². The normalized spacial score (nSPS) is 10.2. The summed E-state index contributed by atoms with van der Waals surface area (Å²) >= 11 is 0. The maximum absolute atomic E-state index is 11.9. The SMILES string of the molecule is COC(=O)Cn1cc(NC(=O)c2ccoc2C)cn1. The highest BCUT2D eigenvalue weighted by molar-refractivity contribution is 6.04. The van der Waals surface area contributed by atoms with E-state index in [1.54, 1.807) is 19.2 Å². The monoisotopic (exact) mass is 263 g/mol. The van der Waals surface area contributed by atoms with Crippen molar-refractivity contribution in [3.8, 4) is 0 Å². The summed E-state index contributed by atoms with van der Waals surface area (Å²) in [5.41, 5.74) is 0.954. The van der Waals surface area contributed by atoms with Crippen molar-refractivity contribution in [1.29, 1.82) is 0 Å². The second-order valence-electron chi connectivity index (χ2n) is 3.85. The molecule has 2 rings (SSSR count). The van der Waals surface area contributed by atoms with Gasteiger partial charge in [0.15, 0.2) is 0 Å². The van der Waals surface area contributed by atoms with Crippen molar-refractivity contribution in [2.45, 2.75) is 13.5 Å². The van der Waals surface area contributed by atoms with Crippen LogP contribution in [-0.2, 0) is 16.1 Å². The predicted octanol–water partition coefficient (Wildman–Crippen LogP) is 1.21. The molecule has 0 saturated heterocycles. The first-order valence-corrected chi connectivity index (χ1v) is 5.55. The Hall–Kier alpha value is -2.57. The summed E-state index contributed by atoms with van der Waals surface area (Å²) in [4.78, 5) is 22.9. The van der Waals surface area contributed by atoms with Gasteiger partial charge in [-0.25, -0.2) is 0 Å². The van der Waals surface area contributed by atoms with Crippen LogP contribution in [0.5, 0.6) is 0 Å². The fourth-order valence-electron chi connectivity index (χ4n) is 1.53. The van der Waals surface area contributed by atoms with Gasteiger partial charge in [-0.3, -0.25) is 14.3 Å². The number of carbonyl (C=O) groups is 2. The minimum atomic E-state index is -0.411. The summed E-state index contributed by atoms with van der Waals surface area (Å²) in [7, 11) is 1.30. The molecule has 0 saturated carbocycles. The van der Waals surface area contributed by atoms with Crippen LogP contribution < -0.4 is 5.32 Å². The lowest BCUT2D eigenvalue weighted by Gasteiger charge is -2.00. The molecule has 0 fully saturated rings.